The zero-order valence-corrected chi connectivity index (χ0v) is 15.5. The second-order valence-electron chi connectivity index (χ2n) is 6.85. The minimum absolute atomic E-state index is 0.153. The van der Waals surface area contributed by atoms with Crippen LogP contribution < -0.4 is 5.32 Å². The molecule has 0 atom stereocenters. The minimum Gasteiger partial charge on any atom is -0.352 e. The third-order valence-electron chi connectivity index (χ3n) is 4.71. The summed E-state index contributed by atoms with van der Waals surface area (Å²) in [6, 6.07) is 6.69. The molecule has 0 aliphatic carbocycles. The fourth-order valence-corrected chi connectivity index (χ4v) is 3.53. The van der Waals surface area contributed by atoms with Crippen LogP contribution in [-0.2, 0) is 12.8 Å². The lowest BCUT2D eigenvalue weighted by Gasteiger charge is -2.19. The van der Waals surface area contributed by atoms with Gasteiger partial charge >= 0.3 is 0 Å². The SMILES string of the molecule is Cc1nc(Cc2cc(F)cc(C(F)F)c2)cc(-c2nccc3c2CCNC3=O)n1. The fraction of sp³-hybridized carbons (Fsp3) is 0.238. The monoisotopic (exact) mass is 398 g/mol. The maximum Gasteiger partial charge on any atom is 0.263 e. The number of nitrogens with zero attached hydrogens (tertiary/aromatic N) is 3. The van der Waals surface area contributed by atoms with Gasteiger partial charge in [-0.2, -0.15) is 0 Å². The number of alkyl halides is 2. The molecule has 1 aliphatic heterocycles. The zero-order chi connectivity index (χ0) is 20.5. The van der Waals surface area contributed by atoms with Crippen LogP contribution in [0.3, 0.4) is 0 Å². The number of carbonyl (C=O) groups is 1. The second kappa shape index (κ2) is 7.62. The summed E-state index contributed by atoms with van der Waals surface area (Å²) in [6.07, 6.45) is -0.399. The third kappa shape index (κ3) is 3.96. The van der Waals surface area contributed by atoms with Crippen LogP contribution in [-0.4, -0.2) is 27.4 Å². The van der Waals surface area contributed by atoms with Gasteiger partial charge in [-0.3, -0.25) is 9.78 Å². The maximum absolute atomic E-state index is 13.7. The predicted octanol–water partition coefficient (Wildman–Crippen LogP) is 3.80. The number of nitrogens with one attached hydrogen (secondary N) is 1. The van der Waals surface area contributed by atoms with Crippen molar-refractivity contribution >= 4 is 5.91 Å². The van der Waals surface area contributed by atoms with E-state index in [2.05, 4.69) is 20.3 Å². The van der Waals surface area contributed by atoms with Crippen LogP contribution in [0.2, 0.25) is 0 Å². The number of hydrogen-bond donors (Lipinski definition) is 1. The van der Waals surface area contributed by atoms with Crippen molar-refractivity contribution in [2.75, 3.05) is 6.54 Å². The van der Waals surface area contributed by atoms with Gasteiger partial charge in [-0.25, -0.2) is 23.1 Å². The Bertz CT molecular complexity index is 1100. The Morgan fingerprint density at radius 2 is 2.00 bits per heavy atom. The fourth-order valence-electron chi connectivity index (χ4n) is 3.53. The number of rotatable bonds is 4. The van der Waals surface area contributed by atoms with Gasteiger partial charge in [-0.15, -0.1) is 0 Å². The molecular formula is C21H17F3N4O. The Hall–Kier alpha value is -3.29. The van der Waals surface area contributed by atoms with Crippen LogP contribution in [0.4, 0.5) is 13.2 Å². The molecule has 3 heterocycles. The van der Waals surface area contributed by atoms with Crippen LogP contribution >= 0.6 is 0 Å². The molecule has 2 aromatic heterocycles. The highest BCUT2D eigenvalue weighted by Gasteiger charge is 2.22. The van der Waals surface area contributed by atoms with Crippen LogP contribution in [0.15, 0.2) is 36.5 Å². The predicted molar refractivity (Wildman–Crippen MR) is 100 cm³/mol. The second-order valence-corrected chi connectivity index (χ2v) is 6.85. The van der Waals surface area contributed by atoms with Gasteiger partial charge in [0.25, 0.3) is 12.3 Å². The number of aryl methyl sites for hydroxylation is 1. The Labute approximate surface area is 165 Å². The molecule has 4 rings (SSSR count). The molecule has 0 spiro atoms. The molecule has 0 bridgehead atoms. The smallest absolute Gasteiger partial charge is 0.263 e. The Kier molecular flexibility index (Phi) is 5.00. The lowest BCUT2D eigenvalue weighted by molar-refractivity contribution is 0.0946. The number of benzene rings is 1. The molecular weight excluding hydrogens is 381 g/mol. The van der Waals surface area contributed by atoms with E-state index in [0.717, 1.165) is 11.6 Å². The van der Waals surface area contributed by atoms with Crippen molar-refractivity contribution in [2.24, 2.45) is 0 Å². The minimum atomic E-state index is -2.75. The summed E-state index contributed by atoms with van der Waals surface area (Å²) in [7, 11) is 0. The van der Waals surface area contributed by atoms with Crippen LogP contribution in [0.1, 0.15) is 45.0 Å². The number of halogens is 3. The first kappa shape index (κ1) is 19.0. The first-order valence-electron chi connectivity index (χ1n) is 9.09. The first-order valence-corrected chi connectivity index (χ1v) is 9.09. The van der Waals surface area contributed by atoms with Gasteiger partial charge in [0.05, 0.1) is 11.4 Å². The van der Waals surface area contributed by atoms with Gasteiger partial charge in [-0.05, 0) is 54.8 Å². The average molecular weight is 398 g/mol. The molecule has 0 unspecified atom stereocenters. The molecule has 8 heteroatoms. The maximum atomic E-state index is 13.7. The summed E-state index contributed by atoms with van der Waals surface area (Å²) in [5.74, 6) is -0.392. The Balaban J connectivity index is 1.73. The van der Waals surface area contributed by atoms with Gasteiger partial charge < -0.3 is 5.32 Å². The highest BCUT2D eigenvalue weighted by Crippen LogP contribution is 2.27. The lowest BCUT2D eigenvalue weighted by Crippen LogP contribution is -2.32. The van der Waals surface area contributed by atoms with Crippen molar-refractivity contribution in [1.29, 1.82) is 0 Å². The molecule has 1 aromatic carbocycles. The average Bonchev–Trinajstić information content (AvgIpc) is 2.67. The number of carbonyl (C=O) groups excluding carboxylic acids is 1. The Morgan fingerprint density at radius 3 is 2.79 bits per heavy atom. The molecule has 0 radical (unpaired) electrons. The molecule has 0 fully saturated rings. The normalized spacial score (nSPS) is 13.3. The molecule has 29 heavy (non-hydrogen) atoms. The number of pyridine rings is 1. The summed E-state index contributed by atoms with van der Waals surface area (Å²) < 4.78 is 39.7. The Morgan fingerprint density at radius 1 is 1.17 bits per heavy atom. The van der Waals surface area contributed by atoms with Crippen molar-refractivity contribution in [1.82, 2.24) is 20.3 Å². The van der Waals surface area contributed by atoms with E-state index in [0.29, 0.717) is 47.0 Å². The van der Waals surface area contributed by atoms with E-state index in [1.807, 2.05) is 0 Å². The van der Waals surface area contributed by atoms with E-state index in [1.54, 1.807) is 25.3 Å². The largest absolute Gasteiger partial charge is 0.352 e. The van der Waals surface area contributed by atoms with E-state index in [-0.39, 0.29) is 17.9 Å². The number of hydrogen-bond acceptors (Lipinski definition) is 4. The van der Waals surface area contributed by atoms with Gasteiger partial charge in [0.2, 0.25) is 0 Å². The summed E-state index contributed by atoms with van der Waals surface area (Å²) in [4.78, 5) is 25.3. The van der Waals surface area contributed by atoms with Crippen molar-refractivity contribution in [2.45, 2.75) is 26.2 Å². The van der Waals surface area contributed by atoms with E-state index >= 15 is 0 Å². The van der Waals surface area contributed by atoms with Crippen LogP contribution in [0.25, 0.3) is 11.4 Å². The standard InChI is InChI=1S/C21H17F3N4O/c1-11-27-15(8-12-6-13(20(23)24)9-14(22)7-12)10-18(28-11)19-16-2-5-26-21(29)17(16)3-4-25-19/h3-4,6-7,9-10,20H,2,5,8H2,1H3,(H,26,29). The van der Waals surface area contributed by atoms with Crippen LogP contribution in [0, 0.1) is 12.7 Å². The highest BCUT2D eigenvalue weighted by atomic mass is 19.3. The van der Waals surface area contributed by atoms with Gasteiger partial charge in [0, 0.05) is 36.0 Å². The third-order valence-corrected chi connectivity index (χ3v) is 4.71. The number of fused-ring (bicyclic) bond motifs is 1. The highest BCUT2D eigenvalue weighted by molar-refractivity contribution is 5.98. The van der Waals surface area contributed by atoms with Crippen molar-refractivity contribution < 1.29 is 18.0 Å². The lowest BCUT2D eigenvalue weighted by atomic mass is 9.97. The molecule has 5 nitrogen and oxygen atoms in total. The van der Waals surface area contributed by atoms with Crippen LogP contribution in [0.5, 0.6) is 0 Å². The van der Waals surface area contributed by atoms with Gasteiger partial charge in [0.15, 0.2) is 0 Å². The van der Waals surface area contributed by atoms with E-state index in [1.165, 1.54) is 12.1 Å². The van der Waals surface area contributed by atoms with Crippen molar-refractivity contribution in [3.05, 3.63) is 76.1 Å². The van der Waals surface area contributed by atoms with E-state index < -0.39 is 12.2 Å². The van der Waals surface area contributed by atoms with Crippen molar-refractivity contribution in [3.8, 4) is 11.4 Å². The van der Waals surface area contributed by atoms with Gasteiger partial charge in [0.1, 0.15) is 11.6 Å². The number of amides is 1. The molecule has 1 N–H and O–H groups in total. The molecule has 0 saturated heterocycles. The topological polar surface area (TPSA) is 67.8 Å². The summed E-state index contributed by atoms with van der Waals surface area (Å²) >= 11 is 0. The summed E-state index contributed by atoms with van der Waals surface area (Å²) in [6.45, 7) is 2.23. The molecule has 0 saturated carbocycles. The van der Waals surface area contributed by atoms with E-state index in [9.17, 15) is 18.0 Å². The molecule has 148 valence electrons. The summed E-state index contributed by atoms with van der Waals surface area (Å²) in [5.41, 5.74) is 3.10. The van der Waals surface area contributed by atoms with Crippen molar-refractivity contribution in [3.63, 3.8) is 0 Å². The quantitative estimate of drug-likeness (QED) is 0.726. The number of aromatic nitrogens is 3. The van der Waals surface area contributed by atoms with Gasteiger partial charge in [-0.1, -0.05) is 0 Å². The molecule has 1 aliphatic rings. The molecule has 1 amide bonds. The summed E-state index contributed by atoms with van der Waals surface area (Å²) in [5, 5.41) is 2.80. The zero-order valence-electron chi connectivity index (χ0n) is 15.5. The van der Waals surface area contributed by atoms with E-state index in [4.69, 9.17) is 0 Å². The molecule has 3 aromatic rings. The first-order chi connectivity index (χ1) is 13.9.